The second-order valence-electron chi connectivity index (χ2n) is 5.06. The zero-order valence-corrected chi connectivity index (χ0v) is 11.7. The van der Waals surface area contributed by atoms with E-state index in [4.69, 9.17) is 0 Å². The highest BCUT2D eigenvalue weighted by atomic mass is 14.6. The van der Waals surface area contributed by atoms with E-state index in [1.165, 1.54) is 29.4 Å². The predicted molar refractivity (Wildman–Crippen MR) is 83.6 cm³/mol. The van der Waals surface area contributed by atoms with Gasteiger partial charge in [0.25, 0.3) is 0 Å². The molecule has 0 unspecified atom stereocenters. The van der Waals surface area contributed by atoms with E-state index < -0.39 is 0 Å². The van der Waals surface area contributed by atoms with Crippen LogP contribution in [0.4, 0.5) is 0 Å². The second kappa shape index (κ2) is 5.83. The highest BCUT2D eigenvalue weighted by molar-refractivity contribution is 5.94. The van der Waals surface area contributed by atoms with E-state index in [9.17, 15) is 0 Å². The van der Waals surface area contributed by atoms with Crippen molar-refractivity contribution in [1.82, 2.24) is 9.97 Å². The average Bonchev–Trinajstić information content (AvgIpc) is 2.53. The fourth-order valence-corrected chi connectivity index (χ4v) is 2.50. The molecule has 3 aromatic rings. The van der Waals surface area contributed by atoms with Gasteiger partial charge in [-0.15, -0.1) is 0 Å². The summed E-state index contributed by atoms with van der Waals surface area (Å²) < 4.78 is 0. The van der Waals surface area contributed by atoms with E-state index in [1.807, 2.05) is 18.5 Å². The molecule has 0 fully saturated rings. The summed E-state index contributed by atoms with van der Waals surface area (Å²) in [6.07, 6.45) is 9.17. The number of fused-ring (bicyclic) bond motifs is 1. The van der Waals surface area contributed by atoms with Gasteiger partial charge in [0.15, 0.2) is 0 Å². The quantitative estimate of drug-likeness (QED) is 0.684. The summed E-state index contributed by atoms with van der Waals surface area (Å²) in [4.78, 5) is 8.69. The van der Waals surface area contributed by atoms with Gasteiger partial charge in [-0.1, -0.05) is 25.5 Å². The Balaban J connectivity index is 2.12. The van der Waals surface area contributed by atoms with E-state index >= 15 is 0 Å². The topological polar surface area (TPSA) is 25.8 Å². The van der Waals surface area contributed by atoms with Crippen LogP contribution in [-0.2, 0) is 6.42 Å². The fraction of sp³-hybridized carbons (Fsp3) is 0.222. The summed E-state index contributed by atoms with van der Waals surface area (Å²) in [5.74, 6) is 0. The zero-order chi connectivity index (χ0) is 13.8. The standard InChI is InChI=1S/C18H18N2/c1-2-3-5-14-7-8-18-17(12-14)16(9-11-20-18)15-6-4-10-19-13-15/h4,6-13H,2-3,5H2,1H3. The first-order valence-corrected chi connectivity index (χ1v) is 7.16. The van der Waals surface area contributed by atoms with Gasteiger partial charge in [-0.25, -0.2) is 0 Å². The van der Waals surface area contributed by atoms with E-state index in [0.29, 0.717) is 0 Å². The second-order valence-corrected chi connectivity index (χ2v) is 5.06. The summed E-state index contributed by atoms with van der Waals surface area (Å²) >= 11 is 0. The van der Waals surface area contributed by atoms with E-state index in [2.05, 4.69) is 47.2 Å². The van der Waals surface area contributed by atoms with Gasteiger partial charge >= 0.3 is 0 Å². The van der Waals surface area contributed by atoms with Crippen LogP contribution >= 0.6 is 0 Å². The average molecular weight is 262 g/mol. The fourth-order valence-electron chi connectivity index (χ4n) is 2.50. The first kappa shape index (κ1) is 12.8. The number of hydrogen-bond acceptors (Lipinski definition) is 2. The third-order valence-corrected chi connectivity index (χ3v) is 3.60. The van der Waals surface area contributed by atoms with Gasteiger partial charge in [-0.3, -0.25) is 9.97 Å². The van der Waals surface area contributed by atoms with Gasteiger partial charge in [-0.2, -0.15) is 0 Å². The molecule has 0 radical (unpaired) electrons. The molecule has 0 aliphatic carbocycles. The van der Waals surface area contributed by atoms with Crippen LogP contribution in [0.2, 0.25) is 0 Å². The Labute approximate surface area is 119 Å². The molecule has 2 aromatic heterocycles. The maximum Gasteiger partial charge on any atom is 0.0708 e. The van der Waals surface area contributed by atoms with Crippen molar-refractivity contribution in [2.75, 3.05) is 0 Å². The van der Waals surface area contributed by atoms with Crippen LogP contribution in [0.1, 0.15) is 25.3 Å². The molecule has 0 spiro atoms. The van der Waals surface area contributed by atoms with Crippen LogP contribution in [0.25, 0.3) is 22.0 Å². The lowest BCUT2D eigenvalue weighted by Crippen LogP contribution is -1.89. The zero-order valence-electron chi connectivity index (χ0n) is 11.7. The molecule has 0 amide bonds. The number of rotatable bonds is 4. The van der Waals surface area contributed by atoms with Crippen molar-refractivity contribution in [3.05, 3.63) is 60.6 Å². The summed E-state index contributed by atoms with van der Waals surface area (Å²) in [7, 11) is 0. The Morgan fingerprint density at radius 2 is 2.00 bits per heavy atom. The highest BCUT2D eigenvalue weighted by Gasteiger charge is 2.05. The summed E-state index contributed by atoms with van der Waals surface area (Å²) in [5, 5.41) is 1.22. The van der Waals surface area contributed by atoms with Crippen molar-refractivity contribution in [2.24, 2.45) is 0 Å². The lowest BCUT2D eigenvalue weighted by Gasteiger charge is -2.08. The van der Waals surface area contributed by atoms with Crippen molar-refractivity contribution in [3.8, 4) is 11.1 Å². The van der Waals surface area contributed by atoms with Crippen molar-refractivity contribution in [1.29, 1.82) is 0 Å². The molecule has 100 valence electrons. The minimum absolute atomic E-state index is 1.05. The molecule has 2 heteroatoms. The lowest BCUT2D eigenvalue weighted by molar-refractivity contribution is 0.796. The third kappa shape index (κ3) is 2.55. The minimum Gasteiger partial charge on any atom is -0.264 e. The predicted octanol–water partition coefficient (Wildman–Crippen LogP) is 4.64. The van der Waals surface area contributed by atoms with Crippen LogP contribution in [0.3, 0.4) is 0 Å². The molecule has 0 atom stereocenters. The van der Waals surface area contributed by atoms with Gasteiger partial charge in [0.05, 0.1) is 5.52 Å². The molecule has 0 bridgehead atoms. The van der Waals surface area contributed by atoms with Crippen molar-refractivity contribution >= 4 is 10.9 Å². The van der Waals surface area contributed by atoms with Crippen molar-refractivity contribution in [3.63, 3.8) is 0 Å². The van der Waals surface area contributed by atoms with Crippen molar-refractivity contribution < 1.29 is 0 Å². The molecular formula is C18H18N2. The minimum atomic E-state index is 1.05. The number of benzene rings is 1. The lowest BCUT2D eigenvalue weighted by atomic mass is 9.99. The van der Waals surface area contributed by atoms with Gasteiger partial charge in [-0.05, 0) is 48.2 Å². The normalized spacial score (nSPS) is 10.8. The molecule has 0 N–H and O–H groups in total. The van der Waals surface area contributed by atoms with Gasteiger partial charge in [0.1, 0.15) is 0 Å². The Kier molecular flexibility index (Phi) is 3.73. The Morgan fingerprint density at radius 3 is 2.80 bits per heavy atom. The van der Waals surface area contributed by atoms with E-state index in [1.54, 1.807) is 6.20 Å². The summed E-state index contributed by atoms with van der Waals surface area (Å²) in [5.41, 5.74) is 4.79. The molecule has 1 aromatic carbocycles. The molecule has 3 rings (SSSR count). The van der Waals surface area contributed by atoms with Gasteiger partial charge in [0.2, 0.25) is 0 Å². The number of nitrogens with zero attached hydrogens (tertiary/aromatic N) is 2. The number of aryl methyl sites for hydroxylation is 1. The molecule has 0 saturated carbocycles. The molecule has 20 heavy (non-hydrogen) atoms. The highest BCUT2D eigenvalue weighted by Crippen LogP contribution is 2.27. The number of pyridine rings is 2. The van der Waals surface area contributed by atoms with Crippen LogP contribution in [-0.4, -0.2) is 9.97 Å². The van der Waals surface area contributed by atoms with Crippen LogP contribution in [0.5, 0.6) is 0 Å². The van der Waals surface area contributed by atoms with Crippen LogP contribution < -0.4 is 0 Å². The smallest absolute Gasteiger partial charge is 0.0708 e. The molecule has 0 aliphatic rings. The number of unbranched alkanes of at least 4 members (excludes halogenated alkanes) is 1. The summed E-state index contributed by atoms with van der Waals surface area (Å²) in [6.45, 7) is 2.23. The Bertz CT molecular complexity index is 705. The third-order valence-electron chi connectivity index (χ3n) is 3.60. The number of hydrogen-bond donors (Lipinski definition) is 0. The van der Waals surface area contributed by atoms with Crippen LogP contribution in [0, 0.1) is 0 Å². The first-order chi connectivity index (χ1) is 9.88. The van der Waals surface area contributed by atoms with Crippen LogP contribution in [0.15, 0.2) is 55.0 Å². The number of aromatic nitrogens is 2. The maximum atomic E-state index is 4.47. The monoisotopic (exact) mass is 262 g/mol. The van der Waals surface area contributed by atoms with Gasteiger partial charge in [0, 0.05) is 29.5 Å². The molecule has 0 aliphatic heterocycles. The van der Waals surface area contributed by atoms with E-state index in [0.717, 1.165) is 17.5 Å². The largest absolute Gasteiger partial charge is 0.264 e. The van der Waals surface area contributed by atoms with Crippen molar-refractivity contribution in [2.45, 2.75) is 26.2 Å². The molecule has 0 saturated heterocycles. The van der Waals surface area contributed by atoms with Gasteiger partial charge < -0.3 is 0 Å². The molecular weight excluding hydrogens is 244 g/mol. The first-order valence-electron chi connectivity index (χ1n) is 7.16. The maximum absolute atomic E-state index is 4.47. The Hall–Kier alpha value is -2.22. The summed E-state index contributed by atoms with van der Waals surface area (Å²) in [6, 6.07) is 12.7. The molecule has 2 heterocycles. The van der Waals surface area contributed by atoms with E-state index in [-0.39, 0.29) is 0 Å². The SMILES string of the molecule is CCCCc1ccc2nccc(-c3cccnc3)c2c1. The molecule has 2 nitrogen and oxygen atoms in total. The Morgan fingerprint density at radius 1 is 1.05 bits per heavy atom.